The van der Waals surface area contributed by atoms with Crippen LogP contribution in [0.3, 0.4) is 0 Å². The molecule has 0 aliphatic carbocycles. The van der Waals surface area contributed by atoms with Crippen LogP contribution in [-0.2, 0) is 0 Å². The standard InChI is InChI=1S/C30H24N2/c1-20(2)23-17-11-18-25-27-28(21-12-5-3-6-13-21)31-26-19-10-9-16-24(26)30(27)32(29(23)25)22-14-7-4-8-15-22/h3-20H,1-2H3. The molecule has 0 N–H and O–H groups in total. The van der Waals surface area contributed by atoms with Crippen LogP contribution in [0.1, 0.15) is 25.3 Å². The minimum absolute atomic E-state index is 0.407. The number of hydrogen-bond acceptors (Lipinski definition) is 1. The van der Waals surface area contributed by atoms with Gasteiger partial charge in [-0.3, -0.25) is 0 Å². The highest BCUT2D eigenvalue weighted by molar-refractivity contribution is 6.22. The van der Waals surface area contributed by atoms with E-state index in [4.69, 9.17) is 4.98 Å². The first-order chi connectivity index (χ1) is 15.7. The van der Waals surface area contributed by atoms with Crippen LogP contribution in [0.5, 0.6) is 0 Å². The number of nitrogens with zero attached hydrogens (tertiary/aromatic N) is 2. The molecule has 0 saturated carbocycles. The normalized spacial score (nSPS) is 11.7. The van der Waals surface area contributed by atoms with Gasteiger partial charge >= 0.3 is 0 Å². The average Bonchev–Trinajstić information content (AvgIpc) is 3.20. The summed E-state index contributed by atoms with van der Waals surface area (Å²) in [6, 6.07) is 36.5. The lowest BCUT2D eigenvalue weighted by atomic mass is 9.98. The van der Waals surface area contributed by atoms with Crippen LogP contribution >= 0.6 is 0 Å². The lowest BCUT2D eigenvalue weighted by Crippen LogP contribution is -1.99. The van der Waals surface area contributed by atoms with Gasteiger partial charge in [0.2, 0.25) is 0 Å². The average molecular weight is 413 g/mol. The largest absolute Gasteiger partial charge is 0.308 e. The molecule has 0 radical (unpaired) electrons. The maximum absolute atomic E-state index is 5.19. The van der Waals surface area contributed by atoms with E-state index in [9.17, 15) is 0 Å². The predicted octanol–water partition coefficient (Wildman–Crippen LogP) is 8.12. The molecule has 0 aliphatic rings. The van der Waals surface area contributed by atoms with Crippen LogP contribution in [0.4, 0.5) is 0 Å². The highest BCUT2D eigenvalue weighted by Gasteiger charge is 2.22. The summed E-state index contributed by atoms with van der Waals surface area (Å²) in [5, 5.41) is 3.65. The van der Waals surface area contributed by atoms with Crippen LogP contribution in [0.15, 0.2) is 103 Å². The third-order valence-corrected chi connectivity index (χ3v) is 6.33. The van der Waals surface area contributed by atoms with E-state index in [1.165, 1.54) is 38.4 Å². The second-order valence-corrected chi connectivity index (χ2v) is 8.64. The van der Waals surface area contributed by atoms with E-state index in [0.29, 0.717) is 5.92 Å². The fourth-order valence-electron chi connectivity index (χ4n) is 4.91. The van der Waals surface area contributed by atoms with Gasteiger partial charge in [-0.2, -0.15) is 0 Å². The number of rotatable bonds is 3. The van der Waals surface area contributed by atoms with Gasteiger partial charge in [0, 0.05) is 27.4 Å². The number of para-hydroxylation sites is 3. The molecule has 2 heteroatoms. The predicted molar refractivity (Wildman–Crippen MR) is 136 cm³/mol. The summed E-state index contributed by atoms with van der Waals surface area (Å²) in [6.45, 7) is 4.55. The second-order valence-electron chi connectivity index (χ2n) is 8.64. The molecule has 6 rings (SSSR count). The van der Waals surface area contributed by atoms with Crippen LogP contribution in [-0.4, -0.2) is 9.55 Å². The number of fused-ring (bicyclic) bond motifs is 5. The van der Waals surface area contributed by atoms with Gasteiger partial charge in [0.1, 0.15) is 0 Å². The maximum Gasteiger partial charge on any atom is 0.0809 e. The van der Waals surface area contributed by atoms with Crippen LogP contribution in [0, 0.1) is 0 Å². The van der Waals surface area contributed by atoms with Crippen molar-refractivity contribution in [2.75, 3.05) is 0 Å². The minimum atomic E-state index is 0.407. The van der Waals surface area contributed by atoms with E-state index in [1.807, 2.05) is 0 Å². The first-order valence-electron chi connectivity index (χ1n) is 11.2. The van der Waals surface area contributed by atoms with Crippen molar-refractivity contribution in [3.63, 3.8) is 0 Å². The Hall–Kier alpha value is -3.91. The smallest absolute Gasteiger partial charge is 0.0809 e. The Kier molecular flexibility index (Phi) is 4.32. The lowest BCUT2D eigenvalue weighted by molar-refractivity contribution is 0.870. The van der Waals surface area contributed by atoms with Gasteiger partial charge in [-0.05, 0) is 29.7 Å². The first kappa shape index (κ1) is 18.8. The molecule has 0 aliphatic heterocycles. The number of aromatic nitrogens is 2. The monoisotopic (exact) mass is 412 g/mol. The van der Waals surface area contributed by atoms with Gasteiger partial charge in [-0.15, -0.1) is 0 Å². The van der Waals surface area contributed by atoms with Crippen molar-refractivity contribution in [3.8, 4) is 16.9 Å². The molecule has 2 aromatic heterocycles. The molecule has 0 unspecified atom stereocenters. The van der Waals surface area contributed by atoms with E-state index in [-0.39, 0.29) is 0 Å². The summed E-state index contributed by atoms with van der Waals surface area (Å²) in [5.74, 6) is 0.407. The number of pyridine rings is 1. The highest BCUT2D eigenvalue weighted by atomic mass is 15.0. The van der Waals surface area contributed by atoms with E-state index in [1.54, 1.807) is 0 Å². The van der Waals surface area contributed by atoms with Crippen molar-refractivity contribution in [3.05, 3.63) is 109 Å². The summed E-state index contributed by atoms with van der Waals surface area (Å²) < 4.78 is 2.45. The topological polar surface area (TPSA) is 17.8 Å². The van der Waals surface area contributed by atoms with Crippen molar-refractivity contribution in [2.24, 2.45) is 0 Å². The van der Waals surface area contributed by atoms with E-state index in [2.05, 4.69) is 122 Å². The molecular formula is C30H24N2. The number of hydrogen-bond donors (Lipinski definition) is 0. The molecule has 2 nitrogen and oxygen atoms in total. The van der Waals surface area contributed by atoms with Crippen molar-refractivity contribution in [1.82, 2.24) is 9.55 Å². The third kappa shape index (κ3) is 2.76. The van der Waals surface area contributed by atoms with Crippen molar-refractivity contribution < 1.29 is 0 Å². The molecule has 0 spiro atoms. The molecule has 0 fully saturated rings. The second kappa shape index (κ2) is 7.35. The van der Waals surface area contributed by atoms with Gasteiger partial charge in [0.25, 0.3) is 0 Å². The zero-order valence-corrected chi connectivity index (χ0v) is 18.3. The Balaban J connectivity index is 1.94. The molecule has 4 aromatic carbocycles. The Morgan fingerprint density at radius 1 is 0.625 bits per heavy atom. The molecule has 6 aromatic rings. The van der Waals surface area contributed by atoms with Crippen molar-refractivity contribution in [2.45, 2.75) is 19.8 Å². The molecule has 0 atom stereocenters. The Morgan fingerprint density at radius 2 is 1.28 bits per heavy atom. The maximum atomic E-state index is 5.19. The van der Waals surface area contributed by atoms with Gasteiger partial charge in [0.05, 0.1) is 22.2 Å². The zero-order valence-electron chi connectivity index (χ0n) is 18.3. The number of benzene rings is 4. The van der Waals surface area contributed by atoms with E-state index >= 15 is 0 Å². The molecule has 0 amide bonds. The van der Waals surface area contributed by atoms with Crippen LogP contribution < -0.4 is 0 Å². The summed E-state index contributed by atoms with van der Waals surface area (Å²) in [5.41, 5.74) is 8.24. The highest BCUT2D eigenvalue weighted by Crippen LogP contribution is 2.43. The molecule has 32 heavy (non-hydrogen) atoms. The van der Waals surface area contributed by atoms with Crippen LogP contribution in [0.2, 0.25) is 0 Å². The summed E-state index contributed by atoms with van der Waals surface area (Å²) in [7, 11) is 0. The SMILES string of the molecule is CC(C)c1cccc2c3c(-c4ccccc4)nc4ccccc4c3n(-c3ccccc3)c12. The molecular weight excluding hydrogens is 388 g/mol. The van der Waals surface area contributed by atoms with Crippen LogP contribution in [0.25, 0.3) is 49.7 Å². The molecule has 2 heterocycles. The lowest BCUT2D eigenvalue weighted by Gasteiger charge is -2.14. The van der Waals surface area contributed by atoms with Crippen molar-refractivity contribution >= 4 is 32.7 Å². The zero-order chi connectivity index (χ0) is 21.7. The Bertz CT molecular complexity index is 1580. The van der Waals surface area contributed by atoms with E-state index < -0.39 is 0 Å². The summed E-state index contributed by atoms with van der Waals surface area (Å²) >= 11 is 0. The minimum Gasteiger partial charge on any atom is -0.308 e. The third-order valence-electron chi connectivity index (χ3n) is 6.33. The Labute approximate surface area is 187 Å². The van der Waals surface area contributed by atoms with Gasteiger partial charge in [-0.1, -0.05) is 98.8 Å². The molecule has 0 saturated heterocycles. The summed E-state index contributed by atoms with van der Waals surface area (Å²) in [6.07, 6.45) is 0. The summed E-state index contributed by atoms with van der Waals surface area (Å²) in [4.78, 5) is 5.19. The fourth-order valence-corrected chi connectivity index (χ4v) is 4.91. The molecule has 0 bridgehead atoms. The fraction of sp³-hybridized carbons (Fsp3) is 0.100. The van der Waals surface area contributed by atoms with E-state index in [0.717, 1.165) is 16.8 Å². The van der Waals surface area contributed by atoms with Crippen molar-refractivity contribution in [1.29, 1.82) is 0 Å². The van der Waals surface area contributed by atoms with Gasteiger partial charge in [-0.25, -0.2) is 4.98 Å². The Morgan fingerprint density at radius 3 is 2.03 bits per heavy atom. The van der Waals surface area contributed by atoms with Gasteiger partial charge in [0.15, 0.2) is 0 Å². The first-order valence-corrected chi connectivity index (χ1v) is 11.2. The molecule has 154 valence electrons. The quantitative estimate of drug-likeness (QED) is 0.287. The van der Waals surface area contributed by atoms with Gasteiger partial charge < -0.3 is 4.57 Å².